The summed E-state index contributed by atoms with van der Waals surface area (Å²) in [6.07, 6.45) is 0.610. The number of carboxylic acids is 1. The lowest BCUT2D eigenvalue weighted by Gasteiger charge is -2.20. The van der Waals surface area contributed by atoms with Crippen molar-refractivity contribution in [2.75, 3.05) is 24.6 Å². The van der Waals surface area contributed by atoms with Crippen LogP contribution in [0.4, 0.5) is 5.69 Å². The minimum absolute atomic E-state index is 0.144. The molecule has 0 amide bonds. The number of aliphatic carboxylic acids is 1. The molecule has 1 aromatic carbocycles. The molecule has 2 aromatic heterocycles. The van der Waals surface area contributed by atoms with Crippen LogP contribution in [0.3, 0.4) is 0 Å². The molecule has 1 fully saturated rings. The van der Waals surface area contributed by atoms with Gasteiger partial charge in [-0.05, 0) is 25.5 Å². The molecule has 0 radical (unpaired) electrons. The predicted octanol–water partition coefficient (Wildman–Crippen LogP) is 1.02. The van der Waals surface area contributed by atoms with E-state index in [9.17, 15) is 14.7 Å². The number of hydrogen-bond acceptors (Lipinski definition) is 7. The van der Waals surface area contributed by atoms with Gasteiger partial charge in [-0.2, -0.15) is 5.21 Å². The standard InChI is InChI=1S/C17H18N6O4/c1-2-27-12-7-10(23-6-5-9(8-23)17(25)26)3-4-11(12)14-18-15-13(16(24)19-14)20-22-21-15/h3-4,7,9H,2,5-6,8H2,1H3,(H,25,26)(H2,18,19,20,21,22,24). The van der Waals surface area contributed by atoms with Crippen LogP contribution < -0.4 is 15.2 Å². The molecule has 4 rings (SSSR count). The second-order valence-corrected chi connectivity index (χ2v) is 6.29. The molecule has 0 aliphatic carbocycles. The zero-order chi connectivity index (χ0) is 19.0. The highest BCUT2D eigenvalue weighted by atomic mass is 16.5. The summed E-state index contributed by atoms with van der Waals surface area (Å²) in [5, 5.41) is 19.2. The van der Waals surface area contributed by atoms with Crippen molar-refractivity contribution >= 4 is 22.8 Å². The molecule has 10 nitrogen and oxygen atoms in total. The summed E-state index contributed by atoms with van der Waals surface area (Å²) in [7, 11) is 0. The van der Waals surface area contributed by atoms with Crippen LogP contribution in [0.15, 0.2) is 23.0 Å². The first kappa shape index (κ1) is 17.0. The number of ether oxygens (including phenoxy) is 1. The molecule has 3 N–H and O–H groups in total. The largest absolute Gasteiger partial charge is 0.493 e. The summed E-state index contributed by atoms with van der Waals surface area (Å²) in [5.41, 5.74) is 1.47. The van der Waals surface area contributed by atoms with Gasteiger partial charge >= 0.3 is 5.97 Å². The lowest BCUT2D eigenvalue weighted by Crippen LogP contribution is -2.22. The number of carboxylic acid groups (broad SMARTS) is 1. The van der Waals surface area contributed by atoms with Crippen LogP contribution >= 0.6 is 0 Å². The molecule has 1 atom stereocenters. The van der Waals surface area contributed by atoms with Gasteiger partial charge in [0.05, 0.1) is 18.1 Å². The maximum atomic E-state index is 12.2. The molecule has 10 heteroatoms. The van der Waals surface area contributed by atoms with Gasteiger partial charge in [0.1, 0.15) is 11.6 Å². The van der Waals surface area contributed by atoms with Crippen molar-refractivity contribution in [3.05, 3.63) is 28.6 Å². The van der Waals surface area contributed by atoms with E-state index in [2.05, 4.69) is 25.4 Å². The fraction of sp³-hybridized carbons (Fsp3) is 0.353. The van der Waals surface area contributed by atoms with Crippen LogP contribution in [-0.2, 0) is 4.79 Å². The van der Waals surface area contributed by atoms with E-state index in [1.165, 1.54) is 0 Å². The fourth-order valence-electron chi connectivity index (χ4n) is 3.26. The summed E-state index contributed by atoms with van der Waals surface area (Å²) in [4.78, 5) is 32.4. The van der Waals surface area contributed by atoms with Gasteiger partial charge in [-0.25, -0.2) is 4.98 Å². The van der Waals surface area contributed by atoms with Crippen molar-refractivity contribution in [3.63, 3.8) is 0 Å². The first-order chi connectivity index (χ1) is 13.1. The highest BCUT2D eigenvalue weighted by molar-refractivity contribution is 5.75. The molecular weight excluding hydrogens is 352 g/mol. The third-order valence-electron chi connectivity index (χ3n) is 4.62. The molecule has 140 valence electrons. The molecule has 0 spiro atoms. The molecule has 1 unspecified atom stereocenters. The third-order valence-corrected chi connectivity index (χ3v) is 4.62. The molecule has 0 bridgehead atoms. The summed E-state index contributed by atoms with van der Waals surface area (Å²) >= 11 is 0. The quantitative estimate of drug-likeness (QED) is 0.605. The Bertz CT molecular complexity index is 1060. The number of aromatic nitrogens is 5. The number of hydrogen-bond donors (Lipinski definition) is 3. The second kappa shape index (κ2) is 6.71. The van der Waals surface area contributed by atoms with Crippen LogP contribution in [0.25, 0.3) is 22.6 Å². The van der Waals surface area contributed by atoms with E-state index in [1.54, 1.807) is 6.07 Å². The molecule has 1 aliphatic heterocycles. The van der Waals surface area contributed by atoms with E-state index in [0.717, 1.165) is 5.69 Å². The van der Waals surface area contributed by atoms with Crippen molar-refractivity contribution in [2.24, 2.45) is 5.92 Å². The molecule has 27 heavy (non-hydrogen) atoms. The number of anilines is 1. The van der Waals surface area contributed by atoms with Gasteiger partial charge in [0, 0.05) is 24.8 Å². The maximum absolute atomic E-state index is 12.2. The number of aromatic amines is 2. The lowest BCUT2D eigenvalue weighted by molar-refractivity contribution is -0.140. The molecule has 3 aromatic rings. The Morgan fingerprint density at radius 3 is 3.00 bits per heavy atom. The number of H-pyrrole nitrogens is 2. The minimum atomic E-state index is -0.776. The average molecular weight is 370 g/mol. The van der Waals surface area contributed by atoms with Crippen molar-refractivity contribution in [1.29, 1.82) is 0 Å². The van der Waals surface area contributed by atoms with Gasteiger partial charge in [0.2, 0.25) is 5.65 Å². The summed E-state index contributed by atoms with van der Waals surface area (Å²) in [5.74, 6) is -0.254. The highest BCUT2D eigenvalue weighted by Crippen LogP contribution is 2.34. The number of rotatable bonds is 5. The lowest BCUT2D eigenvalue weighted by atomic mass is 10.1. The predicted molar refractivity (Wildman–Crippen MR) is 96.9 cm³/mol. The molecule has 3 heterocycles. The number of fused-ring (bicyclic) bond motifs is 1. The normalized spacial score (nSPS) is 16.8. The Balaban J connectivity index is 1.72. The van der Waals surface area contributed by atoms with Crippen LogP contribution in [0, 0.1) is 5.92 Å². The number of carbonyl (C=O) groups is 1. The highest BCUT2D eigenvalue weighted by Gasteiger charge is 2.28. The topological polar surface area (TPSA) is 137 Å². The van der Waals surface area contributed by atoms with Gasteiger partial charge in [-0.15, -0.1) is 10.2 Å². The van der Waals surface area contributed by atoms with Gasteiger partial charge in [-0.1, -0.05) is 0 Å². The van der Waals surface area contributed by atoms with E-state index in [0.29, 0.717) is 43.3 Å². The van der Waals surface area contributed by atoms with Gasteiger partial charge in [0.25, 0.3) is 5.56 Å². The second-order valence-electron chi connectivity index (χ2n) is 6.29. The Kier molecular flexibility index (Phi) is 4.22. The zero-order valence-corrected chi connectivity index (χ0v) is 14.6. The van der Waals surface area contributed by atoms with E-state index < -0.39 is 5.97 Å². The van der Waals surface area contributed by atoms with Crippen molar-refractivity contribution in [2.45, 2.75) is 13.3 Å². The van der Waals surface area contributed by atoms with Crippen LogP contribution in [0.2, 0.25) is 0 Å². The van der Waals surface area contributed by atoms with Crippen molar-refractivity contribution < 1.29 is 14.6 Å². The number of benzene rings is 1. The van der Waals surface area contributed by atoms with Crippen LogP contribution in [0.5, 0.6) is 5.75 Å². The molecule has 1 aliphatic rings. The Morgan fingerprint density at radius 2 is 2.26 bits per heavy atom. The molecule has 1 saturated heterocycles. The van der Waals surface area contributed by atoms with E-state index in [-0.39, 0.29) is 22.6 Å². The smallest absolute Gasteiger partial charge is 0.308 e. The van der Waals surface area contributed by atoms with Crippen molar-refractivity contribution in [3.8, 4) is 17.1 Å². The summed E-state index contributed by atoms with van der Waals surface area (Å²) in [6.45, 7) is 3.43. The Hall–Kier alpha value is -3.43. The maximum Gasteiger partial charge on any atom is 0.308 e. The minimum Gasteiger partial charge on any atom is -0.493 e. The van der Waals surface area contributed by atoms with Crippen LogP contribution in [0.1, 0.15) is 13.3 Å². The number of nitrogens with zero attached hydrogens (tertiary/aromatic N) is 4. The third kappa shape index (κ3) is 3.09. The first-order valence-corrected chi connectivity index (χ1v) is 8.62. The van der Waals surface area contributed by atoms with E-state index in [1.807, 2.05) is 24.0 Å². The van der Waals surface area contributed by atoms with Crippen molar-refractivity contribution in [1.82, 2.24) is 25.4 Å². The zero-order valence-electron chi connectivity index (χ0n) is 14.6. The SMILES string of the molecule is CCOc1cc(N2CCC(C(=O)O)C2)ccc1-c1nc2n[nH]nc2c(=O)[nH]1. The Morgan fingerprint density at radius 1 is 1.41 bits per heavy atom. The van der Waals surface area contributed by atoms with Gasteiger partial charge in [0.15, 0.2) is 5.52 Å². The summed E-state index contributed by atoms with van der Waals surface area (Å²) < 4.78 is 5.75. The number of nitrogens with one attached hydrogen (secondary N) is 2. The molecular formula is C17H18N6O4. The fourth-order valence-corrected chi connectivity index (χ4v) is 3.26. The summed E-state index contributed by atoms with van der Waals surface area (Å²) in [6, 6.07) is 5.52. The van der Waals surface area contributed by atoms with E-state index in [4.69, 9.17) is 4.74 Å². The average Bonchev–Trinajstić information content (AvgIpc) is 3.31. The van der Waals surface area contributed by atoms with E-state index >= 15 is 0 Å². The van der Waals surface area contributed by atoms with Crippen LogP contribution in [-0.4, -0.2) is 56.2 Å². The first-order valence-electron chi connectivity index (χ1n) is 8.62. The van der Waals surface area contributed by atoms with Gasteiger partial charge in [-0.3, -0.25) is 9.59 Å². The molecule has 0 saturated carbocycles. The Labute approximate surface area is 153 Å². The van der Waals surface area contributed by atoms with Gasteiger partial charge < -0.3 is 19.7 Å². The monoisotopic (exact) mass is 370 g/mol.